The van der Waals surface area contributed by atoms with E-state index in [2.05, 4.69) is 24.0 Å². The van der Waals surface area contributed by atoms with Crippen LogP contribution in [0.2, 0.25) is 0 Å². The molecule has 0 saturated carbocycles. The van der Waals surface area contributed by atoms with Gasteiger partial charge in [0.1, 0.15) is 11.6 Å². The Morgan fingerprint density at radius 1 is 0.969 bits per heavy atom. The third-order valence-corrected chi connectivity index (χ3v) is 5.51. The van der Waals surface area contributed by atoms with Crippen molar-refractivity contribution in [2.24, 2.45) is 0 Å². The molecule has 2 heterocycles. The molecule has 1 N–H and O–H groups in total. The Bertz CT molecular complexity index is 1200. The van der Waals surface area contributed by atoms with Gasteiger partial charge in [-0.1, -0.05) is 50.2 Å². The van der Waals surface area contributed by atoms with E-state index in [1.54, 1.807) is 31.2 Å². The van der Waals surface area contributed by atoms with Gasteiger partial charge in [0.25, 0.3) is 5.78 Å². The van der Waals surface area contributed by atoms with E-state index in [-0.39, 0.29) is 17.2 Å². The highest BCUT2D eigenvalue weighted by molar-refractivity contribution is 6.51. The van der Waals surface area contributed by atoms with Gasteiger partial charge >= 0.3 is 5.91 Å². The van der Waals surface area contributed by atoms with E-state index in [0.29, 0.717) is 22.7 Å². The Morgan fingerprint density at radius 3 is 2.19 bits per heavy atom. The van der Waals surface area contributed by atoms with Crippen molar-refractivity contribution in [3.8, 4) is 0 Å². The molecule has 1 saturated heterocycles. The quantitative estimate of drug-likeness (QED) is 0.369. The zero-order chi connectivity index (χ0) is 23.0. The fourth-order valence-corrected chi connectivity index (χ4v) is 3.73. The summed E-state index contributed by atoms with van der Waals surface area (Å²) in [7, 11) is 0. The molecule has 3 aromatic rings. The topological polar surface area (TPSA) is 83.4 Å². The number of nitrogens with zero attached hydrogens (tertiary/aromatic N) is 3. The van der Waals surface area contributed by atoms with Crippen LogP contribution in [-0.2, 0) is 9.59 Å². The van der Waals surface area contributed by atoms with Gasteiger partial charge in [0.15, 0.2) is 5.82 Å². The van der Waals surface area contributed by atoms with Crippen LogP contribution in [0.3, 0.4) is 0 Å². The second-order valence-corrected chi connectivity index (χ2v) is 8.03. The summed E-state index contributed by atoms with van der Waals surface area (Å²) >= 11 is 0. The van der Waals surface area contributed by atoms with Gasteiger partial charge in [-0.3, -0.25) is 14.5 Å². The Morgan fingerprint density at radius 2 is 1.62 bits per heavy atom. The number of hydrogen-bond acceptors (Lipinski definition) is 5. The van der Waals surface area contributed by atoms with Crippen molar-refractivity contribution in [2.45, 2.75) is 32.7 Å². The van der Waals surface area contributed by atoms with Crippen molar-refractivity contribution < 1.29 is 19.1 Å². The fraction of sp³-hybridized carbons (Fsp3) is 0.200. The SMILES string of the molecule is Cc1ccc(N2C(=O)C(=O)C(=C(O)c3ccc(C(C)C)cc3)C2c2ccc(F)cc2)nn1. The van der Waals surface area contributed by atoms with E-state index in [9.17, 15) is 19.1 Å². The molecule has 162 valence electrons. The molecule has 32 heavy (non-hydrogen) atoms. The van der Waals surface area contributed by atoms with E-state index in [1.807, 2.05) is 12.1 Å². The molecule has 6 nitrogen and oxygen atoms in total. The van der Waals surface area contributed by atoms with E-state index < -0.39 is 23.5 Å². The monoisotopic (exact) mass is 431 g/mol. The second-order valence-electron chi connectivity index (χ2n) is 8.03. The first-order valence-corrected chi connectivity index (χ1v) is 10.2. The number of aliphatic hydroxyl groups is 1. The molecule has 0 aliphatic carbocycles. The summed E-state index contributed by atoms with van der Waals surface area (Å²) < 4.78 is 13.6. The minimum absolute atomic E-state index is 0.0821. The number of aromatic nitrogens is 2. The molecule has 1 aliphatic rings. The predicted octanol–water partition coefficient (Wildman–Crippen LogP) is 4.67. The fourth-order valence-electron chi connectivity index (χ4n) is 3.73. The maximum Gasteiger partial charge on any atom is 0.301 e. The van der Waals surface area contributed by atoms with Crippen molar-refractivity contribution in [1.29, 1.82) is 0 Å². The molecule has 7 heteroatoms. The molecule has 0 radical (unpaired) electrons. The van der Waals surface area contributed by atoms with Crippen LogP contribution in [0.1, 0.15) is 48.2 Å². The van der Waals surface area contributed by atoms with Gasteiger partial charge in [0.2, 0.25) is 0 Å². The van der Waals surface area contributed by atoms with Crippen LogP contribution in [0, 0.1) is 12.7 Å². The van der Waals surface area contributed by atoms with Gasteiger partial charge < -0.3 is 5.11 Å². The van der Waals surface area contributed by atoms with Crippen molar-refractivity contribution in [2.75, 3.05) is 4.90 Å². The number of aryl methyl sites for hydroxylation is 1. The van der Waals surface area contributed by atoms with Gasteiger partial charge in [0, 0.05) is 5.56 Å². The lowest BCUT2D eigenvalue weighted by atomic mass is 9.94. The number of carbonyl (C=O) groups excluding carboxylic acids is 2. The molecule has 1 aromatic heterocycles. The molecule has 1 amide bonds. The number of halogens is 1. The molecule has 1 fully saturated rings. The molecule has 0 bridgehead atoms. The Hall–Kier alpha value is -3.87. The Balaban J connectivity index is 1.90. The summed E-state index contributed by atoms with van der Waals surface area (Å²) in [6, 6.07) is 14.9. The lowest BCUT2D eigenvalue weighted by Gasteiger charge is -2.24. The Kier molecular flexibility index (Phi) is 5.57. The third-order valence-electron chi connectivity index (χ3n) is 5.51. The number of carbonyl (C=O) groups is 2. The van der Waals surface area contributed by atoms with Crippen LogP contribution < -0.4 is 4.90 Å². The average molecular weight is 431 g/mol. The largest absolute Gasteiger partial charge is 0.507 e. The maximum atomic E-state index is 13.6. The summed E-state index contributed by atoms with van der Waals surface area (Å²) in [5, 5.41) is 19.1. The number of Topliss-reactive ketones (excluding diaryl/α,β-unsaturated/α-hetero) is 1. The van der Waals surface area contributed by atoms with Gasteiger partial charge in [-0.25, -0.2) is 4.39 Å². The molecule has 1 aliphatic heterocycles. The lowest BCUT2D eigenvalue weighted by Crippen LogP contribution is -2.30. The van der Waals surface area contributed by atoms with Gasteiger partial charge in [-0.05, 0) is 48.2 Å². The van der Waals surface area contributed by atoms with Crippen molar-refractivity contribution >= 4 is 23.3 Å². The molecule has 1 unspecified atom stereocenters. The molecular formula is C25H22FN3O3. The van der Waals surface area contributed by atoms with E-state index in [1.165, 1.54) is 29.2 Å². The summed E-state index contributed by atoms with van der Waals surface area (Å²) in [6.45, 7) is 5.86. The number of rotatable bonds is 4. The molecule has 1 atom stereocenters. The summed E-state index contributed by atoms with van der Waals surface area (Å²) in [5.74, 6) is -1.96. The standard InChI is InChI=1S/C25H22FN3O3/c1-14(2)16-5-7-18(8-6-16)23(30)21-22(17-9-11-19(26)12-10-17)29(25(32)24(21)31)20-13-4-15(3)27-28-20/h4-14,22,30H,1-3H3. The summed E-state index contributed by atoms with van der Waals surface area (Å²) in [5.41, 5.74) is 2.52. The number of hydrogen-bond donors (Lipinski definition) is 1. The zero-order valence-corrected chi connectivity index (χ0v) is 17.9. The summed E-state index contributed by atoms with van der Waals surface area (Å²) in [6.07, 6.45) is 0. The van der Waals surface area contributed by atoms with Crippen LogP contribution >= 0.6 is 0 Å². The first-order valence-electron chi connectivity index (χ1n) is 10.2. The molecule has 4 rings (SSSR count). The highest BCUT2D eigenvalue weighted by Gasteiger charge is 2.47. The first-order chi connectivity index (χ1) is 15.3. The van der Waals surface area contributed by atoms with E-state index in [0.717, 1.165) is 5.56 Å². The number of amides is 1. The second kappa shape index (κ2) is 8.34. The van der Waals surface area contributed by atoms with E-state index >= 15 is 0 Å². The van der Waals surface area contributed by atoms with Crippen LogP contribution in [0.5, 0.6) is 0 Å². The van der Waals surface area contributed by atoms with Gasteiger partial charge in [-0.2, -0.15) is 5.10 Å². The smallest absolute Gasteiger partial charge is 0.301 e. The number of anilines is 1. The van der Waals surface area contributed by atoms with Crippen LogP contribution in [0.15, 0.2) is 66.2 Å². The third kappa shape index (κ3) is 3.77. The molecule has 2 aromatic carbocycles. The Labute approximate surface area is 185 Å². The lowest BCUT2D eigenvalue weighted by molar-refractivity contribution is -0.132. The minimum atomic E-state index is -0.975. The number of benzene rings is 2. The molecule has 0 spiro atoms. The molecular weight excluding hydrogens is 409 g/mol. The summed E-state index contributed by atoms with van der Waals surface area (Å²) in [4.78, 5) is 27.3. The highest BCUT2D eigenvalue weighted by Crippen LogP contribution is 2.41. The van der Waals surface area contributed by atoms with Crippen LogP contribution in [0.25, 0.3) is 5.76 Å². The normalized spacial score (nSPS) is 17.9. The zero-order valence-electron chi connectivity index (χ0n) is 17.9. The van der Waals surface area contributed by atoms with Crippen LogP contribution in [0.4, 0.5) is 10.2 Å². The van der Waals surface area contributed by atoms with E-state index in [4.69, 9.17) is 0 Å². The average Bonchev–Trinajstić information content (AvgIpc) is 3.05. The maximum absolute atomic E-state index is 13.6. The van der Waals surface area contributed by atoms with Crippen molar-refractivity contribution in [3.63, 3.8) is 0 Å². The number of ketones is 1. The van der Waals surface area contributed by atoms with Gasteiger partial charge in [0.05, 0.1) is 17.3 Å². The van der Waals surface area contributed by atoms with Crippen LogP contribution in [-0.4, -0.2) is 27.0 Å². The number of aliphatic hydroxyl groups excluding tert-OH is 1. The first kappa shape index (κ1) is 21.4. The predicted molar refractivity (Wildman–Crippen MR) is 118 cm³/mol. The van der Waals surface area contributed by atoms with Crippen molar-refractivity contribution in [1.82, 2.24) is 10.2 Å². The van der Waals surface area contributed by atoms with Crippen molar-refractivity contribution in [3.05, 3.63) is 94.4 Å². The highest BCUT2D eigenvalue weighted by atomic mass is 19.1. The van der Waals surface area contributed by atoms with Gasteiger partial charge in [-0.15, -0.1) is 5.10 Å². The minimum Gasteiger partial charge on any atom is -0.507 e.